The molecule has 0 spiro atoms. The van der Waals surface area contributed by atoms with Crippen molar-refractivity contribution < 1.29 is 5.11 Å². The molecule has 23 heavy (non-hydrogen) atoms. The lowest BCUT2D eigenvalue weighted by Crippen LogP contribution is -2.21. The molecule has 3 nitrogen and oxygen atoms in total. The summed E-state index contributed by atoms with van der Waals surface area (Å²) in [5, 5.41) is 10.7. The number of hydrogen-bond donors (Lipinski definition) is 1. The van der Waals surface area contributed by atoms with E-state index in [1.807, 2.05) is 6.07 Å². The fraction of sp³-hybridized carbons (Fsp3) is 0.278. The molecule has 0 saturated carbocycles. The van der Waals surface area contributed by atoms with Crippen molar-refractivity contribution in [3.8, 4) is 5.75 Å². The molecule has 1 atom stereocenters. The molecule has 2 aromatic rings. The molecule has 0 radical (unpaired) electrons. The van der Waals surface area contributed by atoms with Crippen LogP contribution in [0.3, 0.4) is 0 Å². The highest BCUT2D eigenvalue weighted by Gasteiger charge is 2.21. The Hall–Kier alpha value is -1.55. The average Bonchev–Trinajstić information content (AvgIpc) is 2.98. The molecule has 2 aromatic carbocycles. The lowest BCUT2D eigenvalue weighted by atomic mass is 10.2. The van der Waals surface area contributed by atoms with Crippen molar-refractivity contribution in [3.05, 3.63) is 63.6 Å². The Labute approximate surface area is 146 Å². The van der Waals surface area contributed by atoms with Crippen molar-refractivity contribution in [1.29, 1.82) is 0 Å². The highest BCUT2D eigenvalue weighted by molar-refractivity contribution is 6.36. The maximum Gasteiger partial charge on any atom is 0.143 e. The van der Waals surface area contributed by atoms with Gasteiger partial charge in [-0.3, -0.25) is 9.89 Å². The summed E-state index contributed by atoms with van der Waals surface area (Å²) in [5.41, 5.74) is 1.88. The van der Waals surface area contributed by atoms with Gasteiger partial charge in [-0.2, -0.15) is 0 Å². The first-order chi connectivity index (χ1) is 11.1. The molecule has 1 heterocycles. The minimum Gasteiger partial charge on any atom is -0.506 e. The molecule has 3 rings (SSSR count). The summed E-state index contributed by atoms with van der Waals surface area (Å²) in [6.07, 6.45) is 2.68. The predicted molar refractivity (Wildman–Crippen MR) is 95.8 cm³/mol. The first kappa shape index (κ1) is 16.3. The second-order valence-electron chi connectivity index (χ2n) is 5.77. The summed E-state index contributed by atoms with van der Waals surface area (Å²) in [5.74, 6) is 0.0268. The fourth-order valence-electron chi connectivity index (χ4n) is 2.79. The molecule has 0 amide bonds. The number of hydrogen-bond acceptors (Lipinski definition) is 3. The SMILES string of the molecule is Oc1c(Cl)cc(Cl)cc1C=N[C@@H]1CCN(Cc2ccccc2)C1. The van der Waals surface area contributed by atoms with Crippen molar-refractivity contribution >= 4 is 29.4 Å². The van der Waals surface area contributed by atoms with E-state index >= 15 is 0 Å². The molecule has 0 unspecified atom stereocenters. The van der Waals surface area contributed by atoms with Crippen LogP contribution in [-0.2, 0) is 6.54 Å². The molecule has 0 aliphatic carbocycles. The zero-order valence-corrected chi connectivity index (χ0v) is 14.1. The summed E-state index contributed by atoms with van der Waals surface area (Å²) in [4.78, 5) is 6.98. The molecule has 1 aliphatic rings. The zero-order chi connectivity index (χ0) is 16.2. The van der Waals surface area contributed by atoms with Crippen LogP contribution < -0.4 is 0 Å². The van der Waals surface area contributed by atoms with Crippen LogP contribution in [0, 0.1) is 0 Å². The first-order valence-electron chi connectivity index (χ1n) is 7.59. The van der Waals surface area contributed by atoms with Crippen LogP contribution in [0.1, 0.15) is 17.5 Å². The summed E-state index contributed by atoms with van der Waals surface area (Å²) in [6, 6.07) is 13.9. The summed E-state index contributed by atoms with van der Waals surface area (Å²) >= 11 is 11.9. The van der Waals surface area contributed by atoms with Crippen molar-refractivity contribution in [3.63, 3.8) is 0 Å². The van der Waals surface area contributed by atoms with Gasteiger partial charge in [-0.05, 0) is 24.1 Å². The smallest absolute Gasteiger partial charge is 0.143 e. The molecule has 5 heteroatoms. The van der Waals surface area contributed by atoms with Gasteiger partial charge in [-0.1, -0.05) is 53.5 Å². The molecular weight excluding hydrogens is 331 g/mol. The Balaban J connectivity index is 1.62. The number of phenolic OH excluding ortho intramolecular Hbond substituents is 1. The number of halogens is 2. The zero-order valence-electron chi connectivity index (χ0n) is 12.6. The van der Waals surface area contributed by atoms with Gasteiger partial charge < -0.3 is 5.11 Å². The van der Waals surface area contributed by atoms with E-state index in [-0.39, 0.29) is 16.8 Å². The van der Waals surface area contributed by atoms with Crippen molar-refractivity contribution in [1.82, 2.24) is 4.90 Å². The van der Waals surface area contributed by atoms with Crippen LogP contribution in [0.25, 0.3) is 0 Å². The molecule has 1 fully saturated rings. The van der Waals surface area contributed by atoms with E-state index in [1.165, 1.54) is 11.6 Å². The van der Waals surface area contributed by atoms with Gasteiger partial charge in [0.1, 0.15) is 5.75 Å². The van der Waals surface area contributed by atoms with Gasteiger partial charge in [-0.25, -0.2) is 0 Å². The van der Waals surface area contributed by atoms with Crippen molar-refractivity contribution in [2.45, 2.75) is 19.0 Å². The van der Waals surface area contributed by atoms with Crippen molar-refractivity contribution in [2.24, 2.45) is 4.99 Å². The molecule has 1 saturated heterocycles. The van der Waals surface area contributed by atoms with Gasteiger partial charge >= 0.3 is 0 Å². The van der Waals surface area contributed by atoms with Gasteiger partial charge in [0.05, 0.1) is 11.1 Å². The largest absolute Gasteiger partial charge is 0.506 e. The van der Waals surface area contributed by atoms with E-state index in [0.717, 1.165) is 26.1 Å². The Morgan fingerprint density at radius 1 is 1.22 bits per heavy atom. The van der Waals surface area contributed by atoms with Gasteiger partial charge in [0, 0.05) is 36.4 Å². The van der Waals surface area contributed by atoms with Gasteiger partial charge in [0.15, 0.2) is 0 Å². The number of benzene rings is 2. The standard InChI is InChI=1S/C18H18Cl2N2O/c19-15-8-14(18(23)17(20)9-15)10-21-16-6-7-22(12-16)11-13-4-2-1-3-5-13/h1-5,8-10,16,23H,6-7,11-12H2/t16-/m1/s1. The molecule has 1 N–H and O–H groups in total. The molecule has 120 valence electrons. The maximum atomic E-state index is 9.95. The van der Waals surface area contributed by atoms with Gasteiger partial charge in [-0.15, -0.1) is 0 Å². The quantitative estimate of drug-likeness (QED) is 0.831. The highest BCUT2D eigenvalue weighted by atomic mass is 35.5. The number of phenols is 1. The highest BCUT2D eigenvalue weighted by Crippen LogP contribution is 2.30. The van der Waals surface area contributed by atoms with E-state index in [9.17, 15) is 5.11 Å². The second-order valence-corrected chi connectivity index (χ2v) is 6.61. The number of aromatic hydroxyl groups is 1. The summed E-state index contributed by atoms with van der Waals surface area (Å²) < 4.78 is 0. The van der Waals surface area contributed by atoms with E-state index in [2.05, 4.69) is 34.2 Å². The van der Waals surface area contributed by atoms with Crippen molar-refractivity contribution in [2.75, 3.05) is 13.1 Å². The Kier molecular flexibility index (Phi) is 5.21. The normalized spacial score (nSPS) is 18.8. The number of likely N-dealkylation sites (tertiary alicyclic amines) is 1. The number of nitrogens with zero attached hydrogens (tertiary/aromatic N) is 2. The predicted octanol–water partition coefficient (Wildman–Crippen LogP) is 4.39. The lowest BCUT2D eigenvalue weighted by molar-refractivity contribution is 0.327. The molecule has 1 aliphatic heterocycles. The van der Waals surface area contributed by atoms with E-state index < -0.39 is 0 Å². The monoisotopic (exact) mass is 348 g/mol. The minimum absolute atomic E-state index is 0.0268. The maximum absolute atomic E-state index is 9.95. The van der Waals surface area contributed by atoms with Crippen LogP contribution >= 0.6 is 23.2 Å². The fourth-order valence-corrected chi connectivity index (χ4v) is 3.30. The Morgan fingerprint density at radius 3 is 2.78 bits per heavy atom. The molecular formula is C18H18Cl2N2O. The second kappa shape index (κ2) is 7.35. The van der Waals surface area contributed by atoms with Crippen LogP contribution in [-0.4, -0.2) is 35.4 Å². The van der Waals surface area contributed by atoms with Crippen LogP contribution in [0.2, 0.25) is 10.0 Å². The van der Waals surface area contributed by atoms with Crippen LogP contribution in [0.4, 0.5) is 0 Å². The Morgan fingerprint density at radius 2 is 2.00 bits per heavy atom. The van der Waals surface area contributed by atoms with E-state index in [0.29, 0.717) is 10.6 Å². The third-order valence-electron chi connectivity index (χ3n) is 3.98. The lowest BCUT2D eigenvalue weighted by Gasteiger charge is -2.14. The molecule has 0 bridgehead atoms. The summed E-state index contributed by atoms with van der Waals surface area (Å²) in [7, 11) is 0. The molecule has 0 aromatic heterocycles. The topological polar surface area (TPSA) is 35.8 Å². The third kappa shape index (κ3) is 4.25. The number of aliphatic imine (C=N–C) groups is 1. The van der Waals surface area contributed by atoms with Gasteiger partial charge in [0.25, 0.3) is 0 Å². The average molecular weight is 349 g/mol. The first-order valence-corrected chi connectivity index (χ1v) is 8.35. The Bertz CT molecular complexity index is 704. The number of rotatable bonds is 4. The summed E-state index contributed by atoms with van der Waals surface area (Å²) in [6.45, 7) is 2.89. The van der Waals surface area contributed by atoms with Gasteiger partial charge in [0.2, 0.25) is 0 Å². The minimum atomic E-state index is 0.0268. The third-order valence-corrected chi connectivity index (χ3v) is 4.48. The van der Waals surface area contributed by atoms with Crippen LogP contribution in [0.15, 0.2) is 47.5 Å². The van der Waals surface area contributed by atoms with E-state index in [4.69, 9.17) is 23.2 Å². The van der Waals surface area contributed by atoms with E-state index in [1.54, 1.807) is 12.3 Å². The van der Waals surface area contributed by atoms with Crippen LogP contribution in [0.5, 0.6) is 5.75 Å².